The molecule has 1 amide bonds. The van der Waals surface area contributed by atoms with Gasteiger partial charge < -0.3 is 5.32 Å². The second-order valence-corrected chi connectivity index (χ2v) is 5.04. The van der Waals surface area contributed by atoms with Crippen LogP contribution in [0.1, 0.15) is 39.5 Å². The van der Waals surface area contributed by atoms with Crippen molar-refractivity contribution >= 4 is 17.5 Å². The van der Waals surface area contributed by atoms with Crippen molar-refractivity contribution in [3.05, 3.63) is 0 Å². The molecule has 82 valence electrons. The van der Waals surface area contributed by atoms with Crippen LogP contribution < -0.4 is 5.32 Å². The predicted octanol–water partition coefficient (Wildman–Crippen LogP) is 2.56. The Labute approximate surface area is 91.4 Å². The number of alkyl halides is 1. The van der Waals surface area contributed by atoms with Gasteiger partial charge in [-0.2, -0.15) is 0 Å². The van der Waals surface area contributed by atoms with E-state index in [1.165, 1.54) is 25.7 Å². The summed E-state index contributed by atoms with van der Waals surface area (Å²) in [7, 11) is 0. The van der Waals surface area contributed by atoms with E-state index in [-0.39, 0.29) is 5.91 Å². The fraction of sp³-hybridized carbons (Fsp3) is 0.909. The Morgan fingerprint density at radius 1 is 1.50 bits per heavy atom. The molecule has 0 aliphatic heterocycles. The van der Waals surface area contributed by atoms with Crippen LogP contribution in [0.25, 0.3) is 0 Å². The SMILES string of the molecule is CC(Cl)C(=O)NCC1CCCCC1C. The number of halogens is 1. The Hall–Kier alpha value is -0.240. The van der Waals surface area contributed by atoms with Gasteiger partial charge in [-0.25, -0.2) is 0 Å². The molecule has 0 radical (unpaired) electrons. The minimum Gasteiger partial charge on any atom is -0.355 e. The minimum atomic E-state index is -0.408. The lowest BCUT2D eigenvalue weighted by Gasteiger charge is -2.28. The smallest absolute Gasteiger partial charge is 0.237 e. The van der Waals surface area contributed by atoms with E-state index in [1.807, 2.05) is 0 Å². The molecule has 1 fully saturated rings. The zero-order valence-corrected chi connectivity index (χ0v) is 9.81. The molecule has 3 atom stereocenters. The summed E-state index contributed by atoms with van der Waals surface area (Å²) in [5.74, 6) is 1.36. The third kappa shape index (κ3) is 3.49. The zero-order chi connectivity index (χ0) is 10.6. The first-order valence-electron chi connectivity index (χ1n) is 5.53. The molecule has 3 heteroatoms. The quantitative estimate of drug-likeness (QED) is 0.724. The Bertz CT molecular complexity index is 194. The molecule has 0 heterocycles. The largest absolute Gasteiger partial charge is 0.355 e. The number of nitrogens with one attached hydrogen (secondary N) is 1. The summed E-state index contributed by atoms with van der Waals surface area (Å²) in [6.45, 7) is 4.79. The van der Waals surface area contributed by atoms with Crippen LogP contribution in [-0.4, -0.2) is 17.8 Å². The highest BCUT2D eigenvalue weighted by Crippen LogP contribution is 2.28. The molecule has 1 rings (SSSR count). The molecule has 3 unspecified atom stereocenters. The monoisotopic (exact) mass is 217 g/mol. The summed E-state index contributed by atoms with van der Waals surface area (Å²) in [6, 6.07) is 0. The van der Waals surface area contributed by atoms with Crippen LogP contribution in [0.15, 0.2) is 0 Å². The molecule has 0 saturated heterocycles. The standard InChI is InChI=1S/C11H20ClNO/c1-8-5-3-4-6-10(8)7-13-11(14)9(2)12/h8-10H,3-7H2,1-2H3,(H,13,14). The molecule has 0 aromatic heterocycles. The second-order valence-electron chi connectivity index (χ2n) is 4.38. The highest BCUT2D eigenvalue weighted by atomic mass is 35.5. The van der Waals surface area contributed by atoms with Crippen LogP contribution in [0.2, 0.25) is 0 Å². The van der Waals surface area contributed by atoms with Gasteiger partial charge in [0.05, 0.1) is 0 Å². The summed E-state index contributed by atoms with van der Waals surface area (Å²) >= 11 is 5.67. The first-order valence-corrected chi connectivity index (χ1v) is 5.96. The molecule has 1 N–H and O–H groups in total. The highest BCUT2D eigenvalue weighted by Gasteiger charge is 2.22. The molecule has 0 aromatic rings. The maximum atomic E-state index is 11.2. The molecule has 0 spiro atoms. The lowest BCUT2D eigenvalue weighted by Crippen LogP contribution is -2.36. The van der Waals surface area contributed by atoms with Crippen molar-refractivity contribution in [3.8, 4) is 0 Å². The topological polar surface area (TPSA) is 29.1 Å². The third-order valence-electron chi connectivity index (χ3n) is 3.19. The van der Waals surface area contributed by atoms with Crippen LogP contribution in [0.5, 0.6) is 0 Å². The van der Waals surface area contributed by atoms with E-state index in [9.17, 15) is 4.79 Å². The van der Waals surface area contributed by atoms with Crippen molar-refractivity contribution in [2.45, 2.75) is 44.9 Å². The average molecular weight is 218 g/mol. The van der Waals surface area contributed by atoms with Crippen LogP contribution in [0.4, 0.5) is 0 Å². The average Bonchev–Trinajstić information content (AvgIpc) is 2.16. The molecule has 2 nitrogen and oxygen atoms in total. The molecule has 14 heavy (non-hydrogen) atoms. The molecular formula is C11H20ClNO. The van der Waals surface area contributed by atoms with Gasteiger partial charge in [0, 0.05) is 6.54 Å². The van der Waals surface area contributed by atoms with Gasteiger partial charge in [0.25, 0.3) is 0 Å². The van der Waals surface area contributed by atoms with Crippen LogP contribution >= 0.6 is 11.6 Å². The summed E-state index contributed by atoms with van der Waals surface area (Å²) in [5, 5.41) is 2.50. The molecule has 1 aliphatic carbocycles. The Balaban J connectivity index is 2.26. The van der Waals surface area contributed by atoms with Crippen molar-refractivity contribution in [3.63, 3.8) is 0 Å². The van der Waals surface area contributed by atoms with Gasteiger partial charge in [-0.05, 0) is 25.2 Å². The number of carbonyl (C=O) groups is 1. The van der Waals surface area contributed by atoms with E-state index in [0.29, 0.717) is 5.92 Å². The van der Waals surface area contributed by atoms with Crippen molar-refractivity contribution in [2.75, 3.05) is 6.54 Å². The summed E-state index contributed by atoms with van der Waals surface area (Å²) in [6.07, 6.45) is 5.20. The van der Waals surface area contributed by atoms with Crippen LogP contribution in [0.3, 0.4) is 0 Å². The number of hydrogen-bond donors (Lipinski definition) is 1. The second kappa shape index (κ2) is 5.59. The number of hydrogen-bond acceptors (Lipinski definition) is 1. The van der Waals surface area contributed by atoms with Crippen LogP contribution in [0, 0.1) is 11.8 Å². The van der Waals surface area contributed by atoms with E-state index in [2.05, 4.69) is 12.2 Å². The number of carbonyl (C=O) groups excluding carboxylic acids is 1. The van der Waals surface area contributed by atoms with Crippen molar-refractivity contribution in [2.24, 2.45) is 11.8 Å². The lowest BCUT2D eigenvalue weighted by atomic mass is 9.80. The first-order chi connectivity index (χ1) is 6.61. The maximum absolute atomic E-state index is 11.2. The van der Waals surface area contributed by atoms with E-state index in [0.717, 1.165) is 12.5 Å². The van der Waals surface area contributed by atoms with Crippen LogP contribution in [-0.2, 0) is 4.79 Å². The number of rotatable bonds is 3. The molecular weight excluding hydrogens is 198 g/mol. The summed E-state index contributed by atoms with van der Waals surface area (Å²) in [5.41, 5.74) is 0. The van der Waals surface area contributed by atoms with Gasteiger partial charge in [-0.3, -0.25) is 4.79 Å². The van der Waals surface area contributed by atoms with Gasteiger partial charge in [-0.15, -0.1) is 11.6 Å². The molecule has 0 bridgehead atoms. The minimum absolute atomic E-state index is 0.0376. The fourth-order valence-corrected chi connectivity index (χ4v) is 2.15. The van der Waals surface area contributed by atoms with Gasteiger partial charge >= 0.3 is 0 Å². The number of amides is 1. The Kier molecular flexibility index (Phi) is 4.73. The lowest BCUT2D eigenvalue weighted by molar-refractivity contribution is -0.120. The van der Waals surface area contributed by atoms with Gasteiger partial charge in [0.2, 0.25) is 5.91 Å². The van der Waals surface area contributed by atoms with E-state index >= 15 is 0 Å². The summed E-state index contributed by atoms with van der Waals surface area (Å²) < 4.78 is 0. The van der Waals surface area contributed by atoms with Gasteiger partial charge in [0.15, 0.2) is 0 Å². The molecule has 0 aromatic carbocycles. The third-order valence-corrected chi connectivity index (χ3v) is 3.39. The van der Waals surface area contributed by atoms with Crippen molar-refractivity contribution in [1.29, 1.82) is 0 Å². The molecule has 1 aliphatic rings. The van der Waals surface area contributed by atoms with Gasteiger partial charge in [-0.1, -0.05) is 26.2 Å². The highest BCUT2D eigenvalue weighted by molar-refractivity contribution is 6.30. The van der Waals surface area contributed by atoms with E-state index in [1.54, 1.807) is 6.92 Å². The first kappa shape index (κ1) is 11.8. The van der Waals surface area contributed by atoms with Crippen molar-refractivity contribution in [1.82, 2.24) is 5.32 Å². The predicted molar refractivity (Wildman–Crippen MR) is 59.4 cm³/mol. The summed E-state index contributed by atoms with van der Waals surface area (Å²) in [4.78, 5) is 11.2. The van der Waals surface area contributed by atoms with Gasteiger partial charge in [0.1, 0.15) is 5.38 Å². The molecule has 1 saturated carbocycles. The Morgan fingerprint density at radius 2 is 2.14 bits per heavy atom. The van der Waals surface area contributed by atoms with Crippen molar-refractivity contribution < 1.29 is 4.79 Å². The zero-order valence-electron chi connectivity index (χ0n) is 9.05. The Morgan fingerprint density at radius 3 is 2.71 bits per heavy atom. The fourth-order valence-electron chi connectivity index (χ4n) is 2.07. The van der Waals surface area contributed by atoms with E-state index in [4.69, 9.17) is 11.6 Å². The van der Waals surface area contributed by atoms with E-state index < -0.39 is 5.38 Å². The maximum Gasteiger partial charge on any atom is 0.237 e. The normalized spacial score (nSPS) is 29.6.